The average molecular weight is 486 g/mol. The summed E-state index contributed by atoms with van der Waals surface area (Å²) in [5.41, 5.74) is 4.06. The number of aryl methyl sites for hydroxylation is 3. The number of carbonyl (C=O) groups excluding carboxylic acids is 3. The molecule has 3 aromatic carbocycles. The van der Waals surface area contributed by atoms with Crippen molar-refractivity contribution in [1.82, 2.24) is 0 Å². The van der Waals surface area contributed by atoms with E-state index in [0.717, 1.165) is 16.7 Å². The Bertz CT molecular complexity index is 1420. The van der Waals surface area contributed by atoms with E-state index >= 15 is 0 Å². The number of hydrogen-bond acceptors (Lipinski definition) is 6. The van der Waals surface area contributed by atoms with Crippen LogP contribution in [0, 0.1) is 20.8 Å². The van der Waals surface area contributed by atoms with Gasteiger partial charge in [-0.1, -0.05) is 29.8 Å². The van der Waals surface area contributed by atoms with Gasteiger partial charge in [-0.15, -0.1) is 0 Å². The normalized spacial score (nSPS) is 16.8. The van der Waals surface area contributed by atoms with Crippen molar-refractivity contribution in [2.75, 3.05) is 12.0 Å². The molecule has 1 fully saturated rings. The average Bonchev–Trinajstić information content (AvgIpc) is 3.10. The van der Waals surface area contributed by atoms with Gasteiger partial charge in [-0.05, 0) is 73.9 Å². The third-order valence-electron chi connectivity index (χ3n) is 6.26. The van der Waals surface area contributed by atoms with Gasteiger partial charge in [0.2, 0.25) is 0 Å². The first-order valence-electron chi connectivity index (χ1n) is 11.4. The summed E-state index contributed by atoms with van der Waals surface area (Å²) in [7, 11) is 1.47. The van der Waals surface area contributed by atoms with Gasteiger partial charge in [-0.25, -0.2) is 0 Å². The van der Waals surface area contributed by atoms with Gasteiger partial charge in [0.05, 0.1) is 24.3 Å². The molecule has 0 aliphatic carbocycles. The zero-order valence-corrected chi connectivity index (χ0v) is 20.8. The minimum atomic E-state index is -0.965. The Labute approximate surface area is 209 Å². The number of aliphatic hydroxyl groups excluding tert-OH is 1. The molecule has 184 valence electrons. The zero-order valence-electron chi connectivity index (χ0n) is 20.8. The van der Waals surface area contributed by atoms with E-state index in [-0.39, 0.29) is 17.1 Å². The summed E-state index contributed by atoms with van der Waals surface area (Å²) < 4.78 is 10.7. The van der Waals surface area contributed by atoms with Crippen LogP contribution in [0.5, 0.6) is 11.5 Å². The highest BCUT2D eigenvalue weighted by Crippen LogP contribution is 2.44. The number of esters is 1. The number of nitrogens with zero attached hydrogens (tertiary/aromatic N) is 1. The van der Waals surface area contributed by atoms with Gasteiger partial charge in [0.15, 0.2) is 0 Å². The molecule has 36 heavy (non-hydrogen) atoms. The number of ketones is 1. The number of anilines is 1. The molecule has 7 nitrogen and oxygen atoms in total. The van der Waals surface area contributed by atoms with Crippen LogP contribution in [0.4, 0.5) is 5.69 Å². The maximum absolute atomic E-state index is 13.5. The maximum atomic E-state index is 13.5. The minimum Gasteiger partial charge on any atom is -0.507 e. The largest absolute Gasteiger partial charge is 0.507 e. The van der Waals surface area contributed by atoms with E-state index in [0.29, 0.717) is 22.6 Å². The molecule has 1 aliphatic rings. The van der Waals surface area contributed by atoms with Crippen LogP contribution < -0.4 is 14.4 Å². The van der Waals surface area contributed by atoms with Gasteiger partial charge in [0.25, 0.3) is 11.7 Å². The van der Waals surface area contributed by atoms with E-state index in [2.05, 4.69) is 0 Å². The van der Waals surface area contributed by atoms with E-state index in [1.54, 1.807) is 42.5 Å². The van der Waals surface area contributed by atoms with Gasteiger partial charge in [-0.3, -0.25) is 19.3 Å². The van der Waals surface area contributed by atoms with Crippen molar-refractivity contribution in [1.29, 1.82) is 0 Å². The van der Waals surface area contributed by atoms with Crippen molar-refractivity contribution in [2.45, 2.75) is 33.7 Å². The van der Waals surface area contributed by atoms with E-state index in [9.17, 15) is 19.5 Å². The molecule has 4 rings (SSSR count). The van der Waals surface area contributed by atoms with Crippen molar-refractivity contribution in [2.24, 2.45) is 0 Å². The van der Waals surface area contributed by atoms with Crippen molar-refractivity contribution in [3.05, 3.63) is 94.1 Å². The zero-order chi connectivity index (χ0) is 26.1. The highest BCUT2D eigenvalue weighted by molar-refractivity contribution is 6.51. The monoisotopic (exact) mass is 485 g/mol. The van der Waals surface area contributed by atoms with E-state index < -0.39 is 23.7 Å². The van der Waals surface area contributed by atoms with E-state index in [1.807, 2.05) is 39.0 Å². The lowest BCUT2D eigenvalue weighted by atomic mass is 9.94. The summed E-state index contributed by atoms with van der Waals surface area (Å²) in [5, 5.41) is 11.5. The van der Waals surface area contributed by atoms with Crippen LogP contribution in [0.1, 0.15) is 40.8 Å². The molecule has 1 atom stereocenters. The van der Waals surface area contributed by atoms with Crippen LogP contribution in [-0.2, 0) is 14.4 Å². The lowest BCUT2D eigenvalue weighted by Crippen LogP contribution is -2.29. The Morgan fingerprint density at radius 1 is 0.944 bits per heavy atom. The fourth-order valence-corrected chi connectivity index (χ4v) is 4.36. The third-order valence-corrected chi connectivity index (χ3v) is 6.26. The number of hydrogen-bond donors (Lipinski definition) is 1. The summed E-state index contributed by atoms with van der Waals surface area (Å²) in [4.78, 5) is 39.8. The molecule has 1 aliphatic heterocycles. The number of benzene rings is 3. The highest BCUT2D eigenvalue weighted by atomic mass is 16.5. The molecule has 1 N–H and O–H groups in total. The Morgan fingerprint density at radius 2 is 1.69 bits per heavy atom. The van der Waals surface area contributed by atoms with Gasteiger partial charge in [-0.2, -0.15) is 0 Å². The number of Topliss-reactive ketones (excluding diaryl/α,β-unsaturated/α-hetero) is 1. The first-order chi connectivity index (χ1) is 17.1. The van der Waals surface area contributed by atoms with Crippen LogP contribution >= 0.6 is 0 Å². The first kappa shape index (κ1) is 24.7. The SMILES string of the molecule is COc1ccc(C)cc1/C(O)=C1\C(=O)C(=O)N(c2ccc(C)c(C)c2)C1c1cccc(OC(C)=O)c1. The number of aliphatic hydroxyl groups is 1. The van der Waals surface area contributed by atoms with Crippen molar-refractivity contribution < 1.29 is 29.0 Å². The maximum Gasteiger partial charge on any atom is 0.308 e. The molecule has 1 heterocycles. The van der Waals surface area contributed by atoms with Crippen LogP contribution in [0.3, 0.4) is 0 Å². The summed E-state index contributed by atoms with van der Waals surface area (Å²) in [5.74, 6) is -1.81. The summed E-state index contributed by atoms with van der Waals surface area (Å²) in [6.07, 6.45) is 0. The summed E-state index contributed by atoms with van der Waals surface area (Å²) >= 11 is 0. The second kappa shape index (κ2) is 9.70. The molecule has 0 aromatic heterocycles. The number of rotatable bonds is 5. The van der Waals surface area contributed by atoms with Crippen molar-refractivity contribution in [3.8, 4) is 11.5 Å². The van der Waals surface area contributed by atoms with Gasteiger partial charge in [0.1, 0.15) is 17.3 Å². The molecular formula is C29H27NO6. The molecule has 1 amide bonds. The van der Waals surface area contributed by atoms with Crippen LogP contribution in [0.25, 0.3) is 5.76 Å². The van der Waals surface area contributed by atoms with Gasteiger partial charge in [0, 0.05) is 12.6 Å². The Balaban J connectivity index is 1.99. The third kappa shape index (κ3) is 4.47. The quantitative estimate of drug-likeness (QED) is 0.176. The molecule has 1 unspecified atom stereocenters. The van der Waals surface area contributed by atoms with Gasteiger partial charge >= 0.3 is 5.97 Å². The molecule has 0 saturated carbocycles. The number of carbonyl (C=O) groups is 3. The van der Waals surface area contributed by atoms with Crippen LogP contribution in [0.15, 0.2) is 66.2 Å². The highest BCUT2D eigenvalue weighted by Gasteiger charge is 2.47. The topological polar surface area (TPSA) is 93.1 Å². The molecular weight excluding hydrogens is 458 g/mol. The molecule has 1 saturated heterocycles. The number of amides is 1. The number of ether oxygens (including phenoxy) is 2. The fourth-order valence-electron chi connectivity index (χ4n) is 4.36. The lowest BCUT2D eigenvalue weighted by molar-refractivity contribution is -0.132. The summed E-state index contributed by atoms with van der Waals surface area (Å²) in [6.45, 7) is 7.02. The Morgan fingerprint density at radius 3 is 2.36 bits per heavy atom. The van der Waals surface area contributed by atoms with Crippen molar-refractivity contribution >= 4 is 29.1 Å². The van der Waals surface area contributed by atoms with E-state index in [1.165, 1.54) is 18.9 Å². The molecule has 0 spiro atoms. The Hall–Kier alpha value is -4.39. The molecule has 0 radical (unpaired) electrons. The first-order valence-corrected chi connectivity index (χ1v) is 11.4. The lowest BCUT2D eigenvalue weighted by Gasteiger charge is -2.26. The molecule has 7 heteroatoms. The fraction of sp³-hybridized carbons (Fsp3) is 0.207. The van der Waals surface area contributed by atoms with Crippen LogP contribution in [-0.4, -0.2) is 29.9 Å². The number of methoxy groups -OCH3 is 1. The minimum absolute atomic E-state index is 0.0814. The Kier molecular flexibility index (Phi) is 6.66. The van der Waals surface area contributed by atoms with Crippen LogP contribution in [0.2, 0.25) is 0 Å². The predicted octanol–water partition coefficient (Wildman–Crippen LogP) is 5.17. The molecule has 3 aromatic rings. The smallest absolute Gasteiger partial charge is 0.308 e. The second-order valence-corrected chi connectivity index (χ2v) is 8.81. The van der Waals surface area contributed by atoms with Gasteiger partial charge < -0.3 is 14.6 Å². The van der Waals surface area contributed by atoms with Crippen molar-refractivity contribution in [3.63, 3.8) is 0 Å². The summed E-state index contributed by atoms with van der Waals surface area (Å²) in [6, 6.07) is 16.3. The predicted molar refractivity (Wildman–Crippen MR) is 136 cm³/mol. The second-order valence-electron chi connectivity index (χ2n) is 8.81. The molecule has 0 bridgehead atoms. The van der Waals surface area contributed by atoms with E-state index in [4.69, 9.17) is 9.47 Å². The standard InChI is InChI=1S/C29H27NO6/c1-16-9-12-24(35-5)23(13-16)27(32)25-26(20-7-6-8-22(15-20)36-19(4)31)30(29(34)28(25)33)21-11-10-17(2)18(3)14-21/h6-15,26,32H,1-5H3/b27-25+.